The number of thiophene rings is 1. The molecule has 3 rings (SSSR count). The lowest BCUT2D eigenvalue weighted by molar-refractivity contribution is 0.0911. The lowest BCUT2D eigenvalue weighted by Gasteiger charge is -2.08. The summed E-state index contributed by atoms with van der Waals surface area (Å²) in [7, 11) is 0. The minimum Gasteiger partial charge on any atom is -0.459 e. The van der Waals surface area contributed by atoms with Crippen LogP contribution in [-0.2, 0) is 12.8 Å². The Morgan fingerprint density at radius 2 is 1.91 bits per heavy atom. The third-order valence-corrected chi connectivity index (χ3v) is 4.90. The number of carbonyl (C=O) groups excluding carboxylic acids is 2. The van der Waals surface area contributed by atoms with Crippen LogP contribution in [0.15, 0.2) is 28.9 Å². The van der Waals surface area contributed by atoms with Gasteiger partial charge in [0.1, 0.15) is 0 Å². The molecule has 0 atom stereocenters. The lowest BCUT2D eigenvalue weighted by Crippen LogP contribution is -2.34. The van der Waals surface area contributed by atoms with Crippen molar-refractivity contribution in [3.05, 3.63) is 45.5 Å². The van der Waals surface area contributed by atoms with Gasteiger partial charge in [-0.1, -0.05) is 0 Å². The maximum atomic E-state index is 12.1. The van der Waals surface area contributed by atoms with Gasteiger partial charge >= 0.3 is 0 Å². The summed E-state index contributed by atoms with van der Waals surface area (Å²) < 4.78 is 4.99. The van der Waals surface area contributed by atoms with Gasteiger partial charge in [-0.25, -0.2) is 0 Å². The Balaban J connectivity index is 1.44. The number of hydrogen-bond acceptors (Lipinski definition) is 4. The van der Waals surface area contributed by atoms with E-state index in [-0.39, 0.29) is 17.6 Å². The van der Waals surface area contributed by atoms with Crippen molar-refractivity contribution in [1.29, 1.82) is 0 Å². The number of carbonyl (C=O) groups is 2. The summed E-state index contributed by atoms with van der Waals surface area (Å²) >= 11 is 1.59. The summed E-state index contributed by atoms with van der Waals surface area (Å²) in [5.74, 6) is -0.0604. The standard InChI is InChI=1S/C16H18N2O3S/c19-15(12-5-3-9-21-12)17-7-8-18-16(20)14-10-11-4-1-2-6-13(11)22-14/h3,5,9-10H,1-2,4,6-8H2,(H,17,19)(H,18,20). The van der Waals surface area contributed by atoms with Crippen LogP contribution < -0.4 is 10.6 Å². The van der Waals surface area contributed by atoms with Gasteiger partial charge in [0.05, 0.1) is 11.1 Å². The summed E-state index contributed by atoms with van der Waals surface area (Å²) in [5, 5.41) is 5.53. The monoisotopic (exact) mass is 318 g/mol. The molecule has 0 radical (unpaired) electrons. The van der Waals surface area contributed by atoms with E-state index in [2.05, 4.69) is 10.6 Å². The molecule has 2 amide bonds. The highest BCUT2D eigenvalue weighted by Gasteiger charge is 2.17. The van der Waals surface area contributed by atoms with Gasteiger partial charge in [-0.3, -0.25) is 9.59 Å². The molecular weight excluding hydrogens is 300 g/mol. The summed E-state index contributed by atoms with van der Waals surface area (Å²) in [6, 6.07) is 5.27. The van der Waals surface area contributed by atoms with Crippen molar-refractivity contribution >= 4 is 23.2 Å². The number of rotatable bonds is 5. The zero-order chi connectivity index (χ0) is 15.4. The van der Waals surface area contributed by atoms with Gasteiger partial charge in [0.25, 0.3) is 11.8 Å². The van der Waals surface area contributed by atoms with Crippen LogP contribution in [0, 0.1) is 0 Å². The molecule has 1 aliphatic carbocycles. The first-order valence-corrected chi connectivity index (χ1v) is 8.27. The number of aryl methyl sites for hydroxylation is 2. The Labute approximate surface area is 132 Å². The average Bonchev–Trinajstić information content (AvgIpc) is 3.19. The van der Waals surface area contributed by atoms with Gasteiger partial charge in [0.2, 0.25) is 0 Å². The average molecular weight is 318 g/mol. The van der Waals surface area contributed by atoms with Gasteiger partial charge in [-0.15, -0.1) is 11.3 Å². The van der Waals surface area contributed by atoms with Crippen LogP contribution in [0.2, 0.25) is 0 Å². The molecule has 1 aliphatic rings. The SMILES string of the molecule is O=C(NCCNC(=O)c1cc2c(s1)CCCC2)c1ccco1. The number of nitrogens with one attached hydrogen (secondary N) is 2. The van der Waals surface area contributed by atoms with Gasteiger partial charge in [-0.05, 0) is 49.4 Å². The maximum absolute atomic E-state index is 12.1. The molecule has 5 nitrogen and oxygen atoms in total. The topological polar surface area (TPSA) is 71.3 Å². The smallest absolute Gasteiger partial charge is 0.287 e. The second kappa shape index (κ2) is 6.79. The first-order valence-electron chi connectivity index (χ1n) is 7.45. The Morgan fingerprint density at radius 1 is 1.14 bits per heavy atom. The van der Waals surface area contributed by atoms with Crippen molar-refractivity contribution in [3.63, 3.8) is 0 Å². The Morgan fingerprint density at radius 3 is 2.64 bits per heavy atom. The fraction of sp³-hybridized carbons (Fsp3) is 0.375. The number of hydrogen-bond donors (Lipinski definition) is 2. The van der Waals surface area contributed by atoms with Gasteiger partial charge < -0.3 is 15.1 Å². The van der Waals surface area contributed by atoms with Crippen LogP contribution >= 0.6 is 11.3 Å². The first-order chi connectivity index (χ1) is 10.7. The first kappa shape index (κ1) is 14.8. The van der Waals surface area contributed by atoms with E-state index in [1.807, 2.05) is 6.07 Å². The van der Waals surface area contributed by atoms with Crippen LogP contribution in [0.25, 0.3) is 0 Å². The summed E-state index contributed by atoms with van der Waals surface area (Å²) in [6.45, 7) is 0.768. The van der Waals surface area contributed by atoms with Gasteiger partial charge in [0.15, 0.2) is 5.76 Å². The molecule has 22 heavy (non-hydrogen) atoms. The van der Waals surface area contributed by atoms with Crippen molar-refractivity contribution in [3.8, 4) is 0 Å². The Kier molecular flexibility index (Phi) is 4.58. The minimum atomic E-state index is -0.272. The summed E-state index contributed by atoms with van der Waals surface area (Å²) in [5.41, 5.74) is 1.33. The van der Waals surface area contributed by atoms with Gasteiger partial charge in [0, 0.05) is 18.0 Å². The molecule has 2 aromatic heterocycles. The van der Waals surface area contributed by atoms with Gasteiger partial charge in [-0.2, -0.15) is 0 Å². The third kappa shape index (κ3) is 3.39. The molecule has 116 valence electrons. The molecule has 2 aromatic rings. The van der Waals surface area contributed by atoms with E-state index in [4.69, 9.17) is 4.42 Å². The lowest BCUT2D eigenvalue weighted by atomic mass is 9.99. The third-order valence-electron chi connectivity index (χ3n) is 3.66. The molecule has 0 bridgehead atoms. The van der Waals surface area contributed by atoms with Crippen molar-refractivity contribution in [2.45, 2.75) is 25.7 Å². The van der Waals surface area contributed by atoms with E-state index in [1.165, 1.54) is 29.5 Å². The minimum absolute atomic E-state index is 0.0633. The van der Waals surface area contributed by atoms with E-state index < -0.39 is 0 Å². The summed E-state index contributed by atoms with van der Waals surface area (Å²) in [4.78, 5) is 25.9. The predicted molar refractivity (Wildman–Crippen MR) is 84.3 cm³/mol. The summed E-state index contributed by atoms with van der Waals surface area (Å²) in [6.07, 6.45) is 6.05. The second-order valence-electron chi connectivity index (χ2n) is 5.26. The van der Waals surface area contributed by atoms with Crippen LogP contribution in [0.1, 0.15) is 43.5 Å². The Hall–Kier alpha value is -2.08. The zero-order valence-electron chi connectivity index (χ0n) is 12.2. The van der Waals surface area contributed by atoms with E-state index in [0.717, 1.165) is 17.7 Å². The molecule has 2 heterocycles. The molecule has 6 heteroatoms. The van der Waals surface area contributed by atoms with E-state index in [9.17, 15) is 9.59 Å². The van der Waals surface area contributed by atoms with E-state index in [0.29, 0.717) is 13.1 Å². The van der Waals surface area contributed by atoms with Crippen LogP contribution in [0.3, 0.4) is 0 Å². The molecule has 2 N–H and O–H groups in total. The largest absolute Gasteiger partial charge is 0.459 e. The molecule has 0 fully saturated rings. The highest BCUT2D eigenvalue weighted by atomic mass is 32.1. The molecule has 0 saturated carbocycles. The zero-order valence-corrected chi connectivity index (χ0v) is 13.0. The number of furan rings is 1. The van der Waals surface area contributed by atoms with Crippen molar-refractivity contribution < 1.29 is 14.0 Å². The fourth-order valence-corrected chi connectivity index (χ4v) is 3.71. The number of fused-ring (bicyclic) bond motifs is 1. The van der Waals surface area contributed by atoms with Crippen molar-refractivity contribution in [2.24, 2.45) is 0 Å². The second-order valence-corrected chi connectivity index (χ2v) is 6.39. The predicted octanol–water partition coefficient (Wildman–Crippen LogP) is 2.38. The highest BCUT2D eigenvalue weighted by molar-refractivity contribution is 7.14. The normalized spacial score (nSPS) is 13.5. The fourth-order valence-electron chi connectivity index (χ4n) is 2.54. The number of amides is 2. The molecule has 0 saturated heterocycles. The van der Waals surface area contributed by atoms with Crippen molar-refractivity contribution in [1.82, 2.24) is 10.6 Å². The van der Waals surface area contributed by atoms with E-state index in [1.54, 1.807) is 23.5 Å². The molecule has 0 unspecified atom stereocenters. The molecule has 0 aliphatic heterocycles. The van der Waals surface area contributed by atoms with Crippen LogP contribution in [-0.4, -0.2) is 24.9 Å². The Bertz CT molecular complexity index is 637. The molecular formula is C16H18N2O3S. The van der Waals surface area contributed by atoms with Crippen LogP contribution in [0.4, 0.5) is 0 Å². The maximum Gasteiger partial charge on any atom is 0.287 e. The van der Waals surface area contributed by atoms with E-state index >= 15 is 0 Å². The highest BCUT2D eigenvalue weighted by Crippen LogP contribution is 2.29. The quantitative estimate of drug-likeness (QED) is 0.832. The van der Waals surface area contributed by atoms with Crippen molar-refractivity contribution in [2.75, 3.05) is 13.1 Å². The molecule has 0 spiro atoms. The van der Waals surface area contributed by atoms with Crippen LogP contribution in [0.5, 0.6) is 0 Å². The molecule has 0 aromatic carbocycles.